The van der Waals surface area contributed by atoms with E-state index < -0.39 is 11.9 Å². The number of carbonyl (C=O) groups excluding carboxylic acids is 2. The average molecular weight is 521 g/mol. The van der Waals surface area contributed by atoms with Crippen molar-refractivity contribution in [2.24, 2.45) is 0 Å². The van der Waals surface area contributed by atoms with E-state index in [9.17, 15) is 14.4 Å². The summed E-state index contributed by atoms with van der Waals surface area (Å²) < 4.78 is 2.82. The number of nitrogens with zero attached hydrogens (tertiary/aromatic N) is 5. The highest BCUT2D eigenvalue weighted by atomic mass is 16.2. The lowest BCUT2D eigenvalue weighted by Gasteiger charge is -2.20. The number of nitrogens with one attached hydrogen (secondary N) is 2. The highest BCUT2D eigenvalue weighted by Gasteiger charge is 2.24. The zero-order chi connectivity index (χ0) is 27.5. The molecule has 0 saturated heterocycles. The Morgan fingerprint density at radius 2 is 1.85 bits per heavy atom. The van der Waals surface area contributed by atoms with Crippen LogP contribution in [0, 0.1) is 11.8 Å². The molecule has 0 bridgehead atoms. The third-order valence-corrected chi connectivity index (χ3v) is 5.96. The minimum Gasteiger partial charge on any atom is -0.382 e. The van der Waals surface area contributed by atoms with Gasteiger partial charge in [-0.25, -0.2) is 14.5 Å². The molecular formula is C28H24N8O3. The molecule has 4 N–H and O–H groups in total. The van der Waals surface area contributed by atoms with E-state index in [1.165, 1.54) is 22.2 Å². The van der Waals surface area contributed by atoms with E-state index in [2.05, 4.69) is 32.6 Å². The summed E-state index contributed by atoms with van der Waals surface area (Å²) in [6.07, 6.45) is 1.53. The molecule has 1 atom stereocenters. The lowest BCUT2D eigenvalue weighted by molar-refractivity contribution is -0.118. The maximum absolute atomic E-state index is 14.0. The summed E-state index contributed by atoms with van der Waals surface area (Å²) in [5.74, 6) is 5.47. The van der Waals surface area contributed by atoms with Gasteiger partial charge in [0.25, 0.3) is 11.5 Å². The van der Waals surface area contributed by atoms with Crippen molar-refractivity contribution in [1.82, 2.24) is 34.8 Å². The van der Waals surface area contributed by atoms with E-state index in [0.29, 0.717) is 33.6 Å². The zero-order valence-corrected chi connectivity index (χ0v) is 21.2. The van der Waals surface area contributed by atoms with Crippen LogP contribution in [-0.4, -0.2) is 42.5 Å². The van der Waals surface area contributed by atoms with Crippen molar-refractivity contribution in [3.63, 3.8) is 0 Å². The minimum absolute atomic E-state index is 0.0350. The number of benzene rings is 2. The number of nitrogen functional groups attached to an aromatic ring is 1. The normalized spacial score (nSPS) is 11.5. The first-order valence-corrected chi connectivity index (χ1v) is 12.1. The van der Waals surface area contributed by atoms with Gasteiger partial charge < -0.3 is 16.4 Å². The second-order valence-corrected chi connectivity index (χ2v) is 8.69. The van der Waals surface area contributed by atoms with Crippen molar-refractivity contribution < 1.29 is 9.59 Å². The number of hydrogen-bond donors (Lipinski definition) is 3. The molecule has 194 valence electrons. The summed E-state index contributed by atoms with van der Waals surface area (Å²) in [6.45, 7) is 3.28. The molecule has 0 saturated carbocycles. The van der Waals surface area contributed by atoms with Crippen LogP contribution >= 0.6 is 0 Å². The quantitative estimate of drug-likeness (QED) is 0.300. The molecule has 2 amide bonds. The van der Waals surface area contributed by atoms with Gasteiger partial charge >= 0.3 is 0 Å². The molecular weight excluding hydrogens is 496 g/mol. The van der Waals surface area contributed by atoms with Crippen LogP contribution in [0.3, 0.4) is 0 Å². The number of amides is 2. The number of hydrogen-bond acceptors (Lipinski definition) is 7. The summed E-state index contributed by atoms with van der Waals surface area (Å²) in [6, 6.07) is 16.9. The maximum atomic E-state index is 14.0. The van der Waals surface area contributed by atoms with Crippen LogP contribution in [0.5, 0.6) is 0 Å². The van der Waals surface area contributed by atoms with Gasteiger partial charge in [0, 0.05) is 18.7 Å². The number of imidazole rings is 1. The van der Waals surface area contributed by atoms with E-state index in [1.807, 2.05) is 18.2 Å². The SMILES string of the molecule is CC(=O)NCC#Cc1cccc2nc(C(C)NC(=O)c3c(N)nc4cccnn34)n(-c3ccccc3)c(=O)c12. The van der Waals surface area contributed by atoms with Crippen LogP contribution < -0.4 is 21.9 Å². The van der Waals surface area contributed by atoms with Crippen LogP contribution in [0.1, 0.15) is 41.8 Å². The Bertz CT molecular complexity index is 1850. The molecule has 3 heterocycles. The molecule has 11 nitrogen and oxygen atoms in total. The molecule has 39 heavy (non-hydrogen) atoms. The van der Waals surface area contributed by atoms with Gasteiger partial charge in [0.05, 0.1) is 29.2 Å². The van der Waals surface area contributed by atoms with Crippen molar-refractivity contribution >= 4 is 34.2 Å². The van der Waals surface area contributed by atoms with E-state index in [-0.39, 0.29) is 29.5 Å². The van der Waals surface area contributed by atoms with Crippen molar-refractivity contribution in [2.75, 3.05) is 12.3 Å². The third-order valence-electron chi connectivity index (χ3n) is 5.96. The van der Waals surface area contributed by atoms with Gasteiger partial charge in [-0.1, -0.05) is 36.1 Å². The predicted octanol–water partition coefficient (Wildman–Crippen LogP) is 1.99. The molecule has 0 fully saturated rings. The largest absolute Gasteiger partial charge is 0.382 e. The van der Waals surface area contributed by atoms with E-state index in [0.717, 1.165) is 0 Å². The lowest BCUT2D eigenvalue weighted by Crippen LogP contribution is -2.34. The fraction of sp³-hybridized carbons (Fsp3) is 0.143. The molecule has 5 rings (SSSR count). The summed E-state index contributed by atoms with van der Waals surface area (Å²) in [5.41, 5.74) is 7.68. The molecule has 1 unspecified atom stereocenters. The first-order valence-electron chi connectivity index (χ1n) is 12.1. The van der Waals surface area contributed by atoms with Crippen LogP contribution in [0.2, 0.25) is 0 Å². The average Bonchev–Trinajstić information content (AvgIpc) is 3.27. The van der Waals surface area contributed by atoms with Gasteiger partial charge in [-0.15, -0.1) is 0 Å². The van der Waals surface area contributed by atoms with Crippen LogP contribution in [-0.2, 0) is 4.79 Å². The number of anilines is 1. The van der Waals surface area contributed by atoms with Gasteiger partial charge in [-0.05, 0) is 43.3 Å². The summed E-state index contributed by atoms with van der Waals surface area (Å²) in [4.78, 5) is 47.5. The number of rotatable bonds is 5. The number of nitrogens with two attached hydrogens (primary N) is 1. The maximum Gasteiger partial charge on any atom is 0.274 e. The van der Waals surface area contributed by atoms with Crippen molar-refractivity contribution in [1.29, 1.82) is 0 Å². The van der Waals surface area contributed by atoms with Crippen LogP contribution in [0.4, 0.5) is 5.82 Å². The first-order chi connectivity index (χ1) is 18.8. The Morgan fingerprint density at radius 1 is 1.05 bits per heavy atom. The van der Waals surface area contributed by atoms with Gasteiger partial charge in [-0.3, -0.25) is 19.0 Å². The second-order valence-electron chi connectivity index (χ2n) is 8.69. The second kappa shape index (κ2) is 10.5. The first kappa shape index (κ1) is 25.2. The Labute approximate surface area is 222 Å². The summed E-state index contributed by atoms with van der Waals surface area (Å²) in [5, 5.41) is 10.0. The van der Waals surface area contributed by atoms with E-state index in [4.69, 9.17) is 10.7 Å². The molecule has 5 aromatic rings. The standard InChI is InChI=1S/C28H24N8O3/c1-17(32-27(38)24-25(29)34-22-14-8-16-31-36(22)24)26-33-21-13-6-9-19(10-7-15-30-18(2)37)23(21)28(39)35(26)20-11-4-3-5-12-20/h3-6,8-9,11-14,16-17H,15,29H2,1-2H3,(H,30,37)(H,32,38). The van der Waals surface area contributed by atoms with Crippen molar-refractivity contribution in [3.05, 3.63) is 94.3 Å². The smallest absolute Gasteiger partial charge is 0.274 e. The number of fused-ring (bicyclic) bond motifs is 2. The number of aromatic nitrogens is 5. The van der Waals surface area contributed by atoms with Crippen molar-refractivity contribution in [2.45, 2.75) is 19.9 Å². The van der Waals surface area contributed by atoms with Gasteiger partial charge in [0.2, 0.25) is 5.91 Å². The van der Waals surface area contributed by atoms with Gasteiger partial charge in [0.15, 0.2) is 17.2 Å². The van der Waals surface area contributed by atoms with Crippen molar-refractivity contribution in [3.8, 4) is 17.5 Å². The molecule has 0 aliphatic carbocycles. The topological polar surface area (TPSA) is 149 Å². The molecule has 0 aliphatic rings. The zero-order valence-electron chi connectivity index (χ0n) is 21.2. The highest BCUT2D eigenvalue weighted by Crippen LogP contribution is 2.21. The molecule has 0 radical (unpaired) electrons. The minimum atomic E-state index is -0.710. The van der Waals surface area contributed by atoms with Crippen LogP contribution in [0.25, 0.3) is 22.2 Å². The molecule has 3 aromatic heterocycles. The monoisotopic (exact) mass is 520 g/mol. The highest BCUT2D eigenvalue weighted by molar-refractivity contribution is 5.98. The molecule has 11 heteroatoms. The Kier molecular flexibility index (Phi) is 6.75. The Hall–Kier alpha value is -5.50. The lowest BCUT2D eigenvalue weighted by atomic mass is 10.1. The predicted molar refractivity (Wildman–Crippen MR) is 146 cm³/mol. The van der Waals surface area contributed by atoms with Gasteiger partial charge in [0.1, 0.15) is 5.82 Å². The van der Waals surface area contributed by atoms with E-state index in [1.54, 1.807) is 49.4 Å². The summed E-state index contributed by atoms with van der Waals surface area (Å²) >= 11 is 0. The molecule has 2 aromatic carbocycles. The summed E-state index contributed by atoms with van der Waals surface area (Å²) in [7, 11) is 0. The molecule has 0 spiro atoms. The van der Waals surface area contributed by atoms with Gasteiger partial charge in [-0.2, -0.15) is 5.10 Å². The van der Waals surface area contributed by atoms with Crippen LogP contribution in [0.15, 0.2) is 71.7 Å². The molecule has 0 aliphatic heterocycles. The third kappa shape index (κ3) is 4.91. The number of carbonyl (C=O) groups is 2. The Balaban J connectivity index is 1.61. The fourth-order valence-corrected chi connectivity index (χ4v) is 4.22. The fourth-order valence-electron chi connectivity index (χ4n) is 4.22. The van der Waals surface area contributed by atoms with E-state index >= 15 is 0 Å². The number of para-hydroxylation sites is 1. The Morgan fingerprint density at radius 3 is 2.62 bits per heavy atom.